The second kappa shape index (κ2) is 5.90. The van der Waals surface area contributed by atoms with Gasteiger partial charge in [0.1, 0.15) is 0 Å². The number of likely N-dealkylation sites (N-methyl/N-ethyl adjacent to an activating group) is 1. The average Bonchev–Trinajstić information content (AvgIpc) is 2.11. The van der Waals surface area contributed by atoms with Crippen molar-refractivity contribution in [2.45, 2.75) is 12.3 Å². The summed E-state index contributed by atoms with van der Waals surface area (Å²) in [6.07, 6.45) is -2.27. The molecule has 0 rings (SSSR count). The molecule has 0 saturated heterocycles. The van der Waals surface area contributed by atoms with Crippen LogP contribution < -0.4 is 10.6 Å². The second-order valence-corrected chi connectivity index (χ2v) is 2.27. The van der Waals surface area contributed by atoms with Gasteiger partial charge in [-0.15, -0.1) is 0 Å². The van der Waals surface area contributed by atoms with E-state index in [-0.39, 0.29) is 6.54 Å². The summed E-state index contributed by atoms with van der Waals surface area (Å²) in [5, 5.41) is 30.5. The molecule has 0 heterocycles. The first-order valence-electron chi connectivity index (χ1n) is 3.53. The summed E-state index contributed by atoms with van der Waals surface area (Å²) >= 11 is 0. The van der Waals surface area contributed by atoms with Crippen molar-refractivity contribution >= 4 is 5.91 Å². The summed E-state index contributed by atoms with van der Waals surface area (Å²) in [6.45, 7) is -0.496. The molecule has 0 aliphatic heterocycles. The highest BCUT2D eigenvalue weighted by atomic mass is 16.3. The van der Waals surface area contributed by atoms with E-state index in [9.17, 15) is 4.79 Å². The molecule has 2 unspecified atom stereocenters. The molecule has 12 heavy (non-hydrogen) atoms. The number of nitrogens with one attached hydrogen (secondary N) is 2. The van der Waals surface area contributed by atoms with Crippen LogP contribution in [0.15, 0.2) is 0 Å². The van der Waals surface area contributed by atoms with Gasteiger partial charge in [0, 0.05) is 6.54 Å². The quantitative estimate of drug-likeness (QED) is 0.289. The fourth-order valence-electron chi connectivity index (χ4n) is 0.511. The normalized spacial score (nSPS) is 15.3. The van der Waals surface area contributed by atoms with Crippen LogP contribution >= 0.6 is 0 Å². The average molecular weight is 178 g/mol. The predicted octanol–water partition coefficient (Wildman–Crippen LogP) is -3.01. The van der Waals surface area contributed by atoms with Crippen molar-refractivity contribution in [1.82, 2.24) is 10.6 Å². The van der Waals surface area contributed by atoms with Gasteiger partial charge in [-0.1, -0.05) is 0 Å². The first kappa shape index (κ1) is 11.3. The van der Waals surface area contributed by atoms with E-state index in [1.807, 2.05) is 0 Å². The topological polar surface area (TPSA) is 102 Å². The molecule has 0 spiro atoms. The Kier molecular flexibility index (Phi) is 5.56. The summed E-state index contributed by atoms with van der Waals surface area (Å²) < 4.78 is 0. The van der Waals surface area contributed by atoms with Gasteiger partial charge in [0.2, 0.25) is 0 Å². The lowest BCUT2D eigenvalue weighted by Crippen LogP contribution is -2.45. The molecule has 0 bridgehead atoms. The molecule has 0 aliphatic rings. The van der Waals surface area contributed by atoms with Crippen LogP contribution in [0.25, 0.3) is 0 Å². The molecule has 2 atom stereocenters. The van der Waals surface area contributed by atoms with E-state index in [0.717, 1.165) is 0 Å². The lowest BCUT2D eigenvalue weighted by atomic mass is 10.3. The van der Waals surface area contributed by atoms with Crippen LogP contribution in [0.3, 0.4) is 0 Å². The number of aliphatic hydroxyl groups excluding tert-OH is 3. The molecule has 6 nitrogen and oxygen atoms in total. The molecule has 0 fully saturated rings. The van der Waals surface area contributed by atoms with Crippen LogP contribution in [-0.4, -0.2) is 53.8 Å². The second-order valence-electron chi connectivity index (χ2n) is 2.27. The molecule has 0 aliphatic carbocycles. The Labute approximate surface area is 70.2 Å². The van der Waals surface area contributed by atoms with Crippen LogP contribution in [-0.2, 0) is 4.79 Å². The zero-order valence-corrected chi connectivity index (χ0v) is 6.82. The Morgan fingerprint density at radius 2 is 2.08 bits per heavy atom. The minimum Gasteiger partial charge on any atom is -0.394 e. The van der Waals surface area contributed by atoms with Crippen LogP contribution in [0.5, 0.6) is 0 Å². The molecular weight excluding hydrogens is 164 g/mol. The fourth-order valence-corrected chi connectivity index (χ4v) is 0.511. The Hall–Kier alpha value is -0.690. The van der Waals surface area contributed by atoms with E-state index in [2.05, 4.69) is 10.6 Å². The van der Waals surface area contributed by atoms with Gasteiger partial charge in [-0.2, -0.15) is 0 Å². The van der Waals surface area contributed by atoms with Crippen molar-refractivity contribution in [3.05, 3.63) is 0 Å². The van der Waals surface area contributed by atoms with Gasteiger partial charge in [-0.25, -0.2) is 0 Å². The van der Waals surface area contributed by atoms with Gasteiger partial charge in [-0.05, 0) is 7.05 Å². The van der Waals surface area contributed by atoms with Crippen LogP contribution in [0.1, 0.15) is 0 Å². The zero-order valence-electron chi connectivity index (χ0n) is 6.82. The van der Waals surface area contributed by atoms with Crippen molar-refractivity contribution in [2.24, 2.45) is 0 Å². The van der Waals surface area contributed by atoms with E-state index in [4.69, 9.17) is 15.3 Å². The molecule has 6 heteroatoms. The van der Waals surface area contributed by atoms with Gasteiger partial charge < -0.3 is 20.6 Å². The van der Waals surface area contributed by atoms with Crippen molar-refractivity contribution in [2.75, 3.05) is 20.2 Å². The van der Waals surface area contributed by atoms with Gasteiger partial charge in [0.25, 0.3) is 5.91 Å². The third kappa shape index (κ3) is 4.24. The summed E-state index contributed by atoms with van der Waals surface area (Å²) in [5.41, 5.74) is 0. The molecule has 5 N–H and O–H groups in total. The van der Waals surface area contributed by atoms with Crippen molar-refractivity contribution in [3.63, 3.8) is 0 Å². The summed E-state index contributed by atoms with van der Waals surface area (Å²) in [7, 11) is 1.42. The Morgan fingerprint density at radius 3 is 2.50 bits per heavy atom. The Bertz CT molecular complexity index is 142. The molecule has 0 radical (unpaired) electrons. The molecule has 0 saturated carbocycles. The fraction of sp³-hybridized carbons (Fsp3) is 0.833. The first-order valence-corrected chi connectivity index (χ1v) is 3.53. The number of amides is 1. The smallest absolute Gasteiger partial charge is 0.264 e. The summed E-state index contributed by atoms with van der Waals surface area (Å²) in [4.78, 5) is 10.8. The van der Waals surface area contributed by atoms with Crippen molar-refractivity contribution < 1.29 is 20.1 Å². The zero-order chi connectivity index (χ0) is 9.56. The third-order valence-corrected chi connectivity index (χ3v) is 1.24. The Morgan fingerprint density at radius 1 is 1.50 bits per heavy atom. The summed E-state index contributed by atoms with van der Waals surface area (Å²) in [5.74, 6) is -0.634. The number of carbonyl (C=O) groups is 1. The SMILES string of the molecule is CNC(O)C(=O)NCC(O)CO. The first-order chi connectivity index (χ1) is 5.61. The lowest BCUT2D eigenvalue weighted by Gasteiger charge is -2.11. The monoisotopic (exact) mass is 178 g/mol. The molecule has 0 aromatic heterocycles. The van der Waals surface area contributed by atoms with Crippen LogP contribution in [0.4, 0.5) is 0 Å². The number of carbonyl (C=O) groups excluding carboxylic acids is 1. The maximum Gasteiger partial charge on any atom is 0.264 e. The highest BCUT2D eigenvalue weighted by molar-refractivity contribution is 5.79. The van der Waals surface area contributed by atoms with Gasteiger partial charge in [0.05, 0.1) is 12.7 Å². The van der Waals surface area contributed by atoms with E-state index in [0.29, 0.717) is 0 Å². The minimum atomic E-state index is -1.28. The number of aliphatic hydroxyl groups is 3. The van der Waals surface area contributed by atoms with Crippen LogP contribution in [0, 0.1) is 0 Å². The van der Waals surface area contributed by atoms with E-state index in [1.54, 1.807) is 0 Å². The standard InChI is InChI=1S/C6H14N2O4/c1-7-5(11)6(12)8-2-4(10)3-9/h4-5,7,9-11H,2-3H2,1H3,(H,8,12). The number of hydrogen-bond donors (Lipinski definition) is 5. The van der Waals surface area contributed by atoms with E-state index in [1.165, 1.54) is 7.05 Å². The molecule has 0 aromatic carbocycles. The number of rotatable bonds is 5. The van der Waals surface area contributed by atoms with Crippen molar-refractivity contribution in [3.8, 4) is 0 Å². The molecule has 72 valence electrons. The summed E-state index contributed by atoms with van der Waals surface area (Å²) in [6, 6.07) is 0. The maximum absolute atomic E-state index is 10.8. The highest BCUT2D eigenvalue weighted by Crippen LogP contribution is 1.79. The van der Waals surface area contributed by atoms with Crippen LogP contribution in [0.2, 0.25) is 0 Å². The highest BCUT2D eigenvalue weighted by Gasteiger charge is 2.12. The van der Waals surface area contributed by atoms with E-state index < -0.39 is 24.8 Å². The Balaban J connectivity index is 3.56. The third-order valence-electron chi connectivity index (χ3n) is 1.24. The maximum atomic E-state index is 10.8. The lowest BCUT2D eigenvalue weighted by molar-refractivity contribution is -0.131. The molecular formula is C6H14N2O4. The van der Waals surface area contributed by atoms with E-state index >= 15 is 0 Å². The van der Waals surface area contributed by atoms with Gasteiger partial charge in [0.15, 0.2) is 6.23 Å². The molecule has 0 aromatic rings. The molecule has 1 amide bonds. The van der Waals surface area contributed by atoms with Gasteiger partial charge >= 0.3 is 0 Å². The van der Waals surface area contributed by atoms with Crippen molar-refractivity contribution in [1.29, 1.82) is 0 Å². The van der Waals surface area contributed by atoms with Gasteiger partial charge in [-0.3, -0.25) is 10.1 Å². The number of hydrogen-bond acceptors (Lipinski definition) is 5. The predicted molar refractivity (Wildman–Crippen MR) is 41.2 cm³/mol. The minimum absolute atomic E-state index is 0.0753. The largest absolute Gasteiger partial charge is 0.394 e.